The van der Waals surface area contributed by atoms with Gasteiger partial charge in [0.1, 0.15) is 12.6 Å². The molecule has 1 amide bonds. The third kappa shape index (κ3) is 6.75. The molecule has 0 atom stereocenters. The molecule has 13 heteroatoms. The van der Waals surface area contributed by atoms with Crippen molar-refractivity contribution in [2.75, 3.05) is 5.32 Å². The molecule has 2 N–H and O–H groups in total. The maximum absolute atomic E-state index is 13.2. The quantitative estimate of drug-likeness (QED) is 0.340. The number of nitriles is 1. The Morgan fingerprint density at radius 3 is 2.66 bits per heavy atom. The van der Waals surface area contributed by atoms with Gasteiger partial charge in [0.15, 0.2) is 11.0 Å². The van der Waals surface area contributed by atoms with Crippen LogP contribution in [-0.4, -0.2) is 31.4 Å². The zero-order chi connectivity index (χ0) is 24.8. The number of hydrogen-bond acceptors (Lipinski definition) is 8. The predicted molar refractivity (Wildman–Crippen MR) is 132 cm³/mol. The van der Waals surface area contributed by atoms with Crippen molar-refractivity contribution in [3.63, 3.8) is 0 Å². The third-order valence-electron chi connectivity index (χ3n) is 4.60. The van der Waals surface area contributed by atoms with E-state index >= 15 is 0 Å². The molecule has 182 valence electrons. The number of nitro benzene ring substituents is 1. The normalized spacial score (nSPS) is 10.3. The standard InChI is InChI=1S/C22H20ClN7O4.ClH/c1-13(2)27-21-22(32)29(12-18(31)26-11-16-7-6-14(9-24)10-25-16)19(20(23)28-21)15-4-3-5-17(8-15)30(33)34;/h3-8,10,13H,11-12H2,1-2H3,(H,26,31)(H,27,28);1H. The Morgan fingerprint density at radius 1 is 1.31 bits per heavy atom. The van der Waals surface area contributed by atoms with Crippen molar-refractivity contribution in [1.29, 1.82) is 5.26 Å². The number of benzene rings is 1. The van der Waals surface area contributed by atoms with Gasteiger partial charge in [0, 0.05) is 29.9 Å². The van der Waals surface area contributed by atoms with Crippen LogP contribution in [0, 0.1) is 21.4 Å². The summed E-state index contributed by atoms with van der Waals surface area (Å²) in [6.07, 6.45) is 1.39. The first-order chi connectivity index (χ1) is 16.2. The second kappa shape index (κ2) is 11.9. The summed E-state index contributed by atoms with van der Waals surface area (Å²) in [6.45, 7) is 3.28. The number of halogens is 2. The monoisotopic (exact) mass is 517 g/mol. The van der Waals surface area contributed by atoms with Gasteiger partial charge < -0.3 is 10.6 Å². The molecule has 3 aromatic rings. The molecule has 0 radical (unpaired) electrons. The molecular formula is C22H21Cl2N7O4. The number of carbonyl (C=O) groups is 1. The number of nitrogens with zero attached hydrogens (tertiary/aromatic N) is 5. The number of amides is 1. The Labute approximate surface area is 211 Å². The van der Waals surface area contributed by atoms with Crippen LogP contribution in [0.15, 0.2) is 47.4 Å². The van der Waals surface area contributed by atoms with Crippen LogP contribution in [0.2, 0.25) is 5.15 Å². The number of anilines is 1. The van der Waals surface area contributed by atoms with E-state index in [0.29, 0.717) is 11.3 Å². The Hall–Kier alpha value is -4.01. The lowest BCUT2D eigenvalue weighted by atomic mass is 10.1. The van der Waals surface area contributed by atoms with Crippen molar-refractivity contribution >= 4 is 41.4 Å². The number of nitro groups is 1. The van der Waals surface area contributed by atoms with Crippen LogP contribution in [0.4, 0.5) is 11.5 Å². The fourth-order valence-corrected chi connectivity index (χ4v) is 3.38. The molecule has 2 aromatic heterocycles. The first-order valence-corrected chi connectivity index (χ1v) is 10.5. The summed E-state index contributed by atoms with van der Waals surface area (Å²) < 4.78 is 1.13. The molecule has 0 saturated heterocycles. The first kappa shape index (κ1) is 27.2. The first-order valence-electron chi connectivity index (χ1n) is 10.1. The van der Waals surface area contributed by atoms with E-state index < -0.39 is 22.9 Å². The molecule has 0 bridgehead atoms. The molecule has 0 saturated carbocycles. The maximum Gasteiger partial charge on any atom is 0.294 e. The number of carbonyl (C=O) groups excluding carboxylic acids is 1. The zero-order valence-electron chi connectivity index (χ0n) is 18.7. The summed E-state index contributed by atoms with van der Waals surface area (Å²) in [5.74, 6) is -0.562. The number of aromatic nitrogens is 3. The predicted octanol–water partition coefficient (Wildman–Crippen LogP) is 3.30. The van der Waals surface area contributed by atoms with Gasteiger partial charge in [0.25, 0.3) is 11.2 Å². The van der Waals surface area contributed by atoms with E-state index in [1.54, 1.807) is 18.2 Å². The average molecular weight is 518 g/mol. The van der Waals surface area contributed by atoms with Gasteiger partial charge in [-0.15, -0.1) is 12.4 Å². The molecule has 0 aliphatic carbocycles. The van der Waals surface area contributed by atoms with E-state index in [1.165, 1.54) is 24.4 Å². The van der Waals surface area contributed by atoms with Gasteiger partial charge in [0.05, 0.1) is 28.4 Å². The minimum Gasteiger partial charge on any atom is -0.363 e. The highest BCUT2D eigenvalue weighted by Gasteiger charge is 2.21. The molecule has 3 rings (SSSR count). The van der Waals surface area contributed by atoms with E-state index in [2.05, 4.69) is 20.6 Å². The van der Waals surface area contributed by atoms with Gasteiger partial charge in [-0.05, 0) is 26.0 Å². The largest absolute Gasteiger partial charge is 0.363 e. The molecule has 2 heterocycles. The number of nitrogens with one attached hydrogen (secondary N) is 2. The Morgan fingerprint density at radius 2 is 2.06 bits per heavy atom. The highest BCUT2D eigenvalue weighted by atomic mass is 35.5. The van der Waals surface area contributed by atoms with Crippen molar-refractivity contribution in [2.45, 2.75) is 33.0 Å². The minimum absolute atomic E-state index is 0. The van der Waals surface area contributed by atoms with Crippen LogP contribution in [0.1, 0.15) is 25.1 Å². The van der Waals surface area contributed by atoms with Crippen molar-refractivity contribution in [1.82, 2.24) is 19.9 Å². The second-order valence-corrected chi connectivity index (χ2v) is 7.88. The van der Waals surface area contributed by atoms with Gasteiger partial charge in [-0.1, -0.05) is 23.7 Å². The summed E-state index contributed by atoms with van der Waals surface area (Å²) in [7, 11) is 0. The fourth-order valence-electron chi connectivity index (χ4n) is 3.08. The molecule has 0 aliphatic rings. The van der Waals surface area contributed by atoms with Crippen LogP contribution in [0.5, 0.6) is 0 Å². The third-order valence-corrected chi connectivity index (χ3v) is 4.86. The van der Waals surface area contributed by atoms with Gasteiger partial charge in [0.2, 0.25) is 5.91 Å². The van der Waals surface area contributed by atoms with E-state index in [0.717, 1.165) is 4.57 Å². The molecular weight excluding hydrogens is 497 g/mol. The van der Waals surface area contributed by atoms with E-state index in [4.69, 9.17) is 16.9 Å². The molecule has 0 fully saturated rings. The van der Waals surface area contributed by atoms with Crippen LogP contribution >= 0.6 is 24.0 Å². The highest BCUT2D eigenvalue weighted by molar-refractivity contribution is 6.32. The topological polar surface area (TPSA) is 156 Å². The smallest absolute Gasteiger partial charge is 0.294 e. The molecule has 1 aromatic carbocycles. The lowest BCUT2D eigenvalue weighted by Crippen LogP contribution is -2.35. The van der Waals surface area contributed by atoms with Crippen LogP contribution < -0.4 is 16.2 Å². The Bertz CT molecular complexity index is 1340. The van der Waals surface area contributed by atoms with Crippen LogP contribution in [0.25, 0.3) is 11.3 Å². The van der Waals surface area contributed by atoms with Crippen molar-refractivity contribution in [3.05, 3.63) is 79.5 Å². The molecule has 35 heavy (non-hydrogen) atoms. The summed E-state index contributed by atoms with van der Waals surface area (Å²) in [5, 5.41) is 25.5. The van der Waals surface area contributed by atoms with E-state index in [9.17, 15) is 19.7 Å². The SMILES string of the molecule is CC(C)Nc1nc(Cl)c(-c2cccc([N+](=O)[O-])c2)n(CC(=O)NCc2ccc(C#N)cn2)c1=O.Cl. The summed E-state index contributed by atoms with van der Waals surface area (Å²) >= 11 is 6.39. The van der Waals surface area contributed by atoms with Crippen molar-refractivity contribution < 1.29 is 9.72 Å². The molecule has 0 aliphatic heterocycles. The Kier molecular flexibility index (Phi) is 9.27. The van der Waals surface area contributed by atoms with E-state index in [-0.39, 0.29) is 52.9 Å². The van der Waals surface area contributed by atoms with Crippen LogP contribution in [0.3, 0.4) is 0 Å². The number of non-ortho nitro benzene ring substituents is 1. The number of rotatable bonds is 8. The van der Waals surface area contributed by atoms with Crippen molar-refractivity contribution in [2.24, 2.45) is 0 Å². The van der Waals surface area contributed by atoms with Gasteiger partial charge in [-0.25, -0.2) is 4.98 Å². The highest BCUT2D eigenvalue weighted by Crippen LogP contribution is 2.29. The number of hydrogen-bond donors (Lipinski definition) is 2. The summed E-state index contributed by atoms with van der Waals surface area (Å²) in [4.78, 5) is 44.8. The maximum atomic E-state index is 13.2. The molecule has 0 spiro atoms. The molecule has 0 unspecified atom stereocenters. The lowest BCUT2D eigenvalue weighted by molar-refractivity contribution is -0.384. The van der Waals surface area contributed by atoms with E-state index in [1.807, 2.05) is 19.9 Å². The van der Waals surface area contributed by atoms with Crippen LogP contribution in [-0.2, 0) is 17.9 Å². The summed E-state index contributed by atoms with van der Waals surface area (Å²) in [6, 6.07) is 10.6. The van der Waals surface area contributed by atoms with Crippen molar-refractivity contribution in [3.8, 4) is 17.3 Å². The lowest BCUT2D eigenvalue weighted by Gasteiger charge is -2.17. The summed E-state index contributed by atoms with van der Waals surface area (Å²) in [5.41, 5.74) is 0.450. The molecule has 11 nitrogen and oxygen atoms in total. The average Bonchev–Trinajstić information content (AvgIpc) is 2.81. The number of pyridine rings is 1. The fraction of sp³-hybridized carbons (Fsp3) is 0.227. The second-order valence-electron chi connectivity index (χ2n) is 7.52. The van der Waals surface area contributed by atoms with Gasteiger partial charge >= 0.3 is 0 Å². The zero-order valence-corrected chi connectivity index (χ0v) is 20.3. The van der Waals surface area contributed by atoms with Gasteiger partial charge in [-0.3, -0.25) is 29.3 Å². The van der Waals surface area contributed by atoms with Gasteiger partial charge in [-0.2, -0.15) is 5.26 Å². The minimum atomic E-state index is -0.605. The Balaban J connectivity index is 0.00000432.